The van der Waals surface area contributed by atoms with E-state index in [1.165, 1.54) is 0 Å². The van der Waals surface area contributed by atoms with Crippen LogP contribution in [0, 0.1) is 3.57 Å². The molecule has 0 amide bonds. The summed E-state index contributed by atoms with van der Waals surface area (Å²) in [5.74, 6) is 0.225. The van der Waals surface area contributed by atoms with Crippen molar-refractivity contribution in [3.05, 3.63) is 32.4 Å². The van der Waals surface area contributed by atoms with Gasteiger partial charge >= 0.3 is 0 Å². The van der Waals surface area contributed by atoms with E-state index < -0.39 is 0 Å². The van der Waals surface area contributed by atoms with Crippen molar-refractivity contribution < 1.29 is 4.79 Å². The standard InChI is InChI=1S/C10H10ClIO/c1-2-9(13)5-7-3-4-8(12)6-10(7)11/h3-4,6H,2,5H2,1H3. The monoisotopic (exact) mass is 308 g/mol. The molecule has 1 rings (SSSR count). The van der Waals surface area contributed by atoms with Gasteiger partial charge in [0.25, 0.3) is 0 Å². The van der Waals surface area contributed by atoms with Crippen LogP contribution in [-0.4, -0.2) is 5.78 Å². The maximum absolute atomic E-state index is 11.2. The van der Waals surface area contributed by atoms with Gasteiger partial charge in [-0.05, 0) is 40.3 Å². The summed E-state index contributed by atoms with van der Waals surface area (Å²) in [6.45, 7) is 1.86. The van der Waals surface area contributed by atoms with Crippen molar-refractivity contribution in [2.75, 3.05) is 0 Å². The zero-order chi connectivity index (χ0) is 9.84. The molecular formula is C10H10ClIO. The molecule has 13 heavy (non-hydrogen) atoms. The van der Waals surface area contributed by atoms with Gasteiger partial charge < -0.3 is 0 Å². The average Bonchev–Trinajstić information content (AvgIpc) is 2.09. The SMILES string of the molecule is CCC(=O)Cc1ccc(I)cc1Cl. The first-order valence-electron chi connectivity index (χ1n) is 4.09. The Bertz CT molecular complexity index is 323. The second kappa shape index (κ2) is 4.96. The maximum atomic E-state index is 11.2. The van der Waals surface area contributed by atoms with Crippen molar-refractivity contribution in [3.8, 4) is 0 Å². The number of hydrogen-bond donors (Lipinski definition) is 0. The average molecular weight is 309 g/mol. The van der Waals surface area contributed by atoms with Gasteiger partial charge in [0.2, 0.25) is 0 Å². The summed E-state index contributed by atoms with van der Waals surface area (Å²) in [7, 11) is 0. The van der Waals surface area contributed by atoms with Crippen LogP contribution in [0.2, 0.25) is 5.02 Å². The molecule has 1 aromatic rings. The van der Waals surface area contributed by atoms with Crippen LogP contribution in [0.15, 0.2) is 18.2 Å². The van der Waals surface area contributed by atoms with Gasteiger partial charge in [-0.25, -0.2) is 0 Å². The van der Waals surface area contributed by atoms with Gasteiger partial charge in [0.1, 0.15) is 5.78 Å². The molecule has 0 heterocycles. The van der Waals surface area contributed by atoms with Crippen LogP contribution < -0.4 is 0 Å². The van der Waals surface area contributed by atoms with Crippen LogP contribution in [0.3, 0.4) is 0 Å². The molecule has 0 radical (unpaired) electrons. The molecule has 0 unspecified atom stereocenters. The number of halogens is 2. The van der Waals surface area contributed by atoms with Crippen molar-refractivity contribution in [2.45, 2.75) is 19.8 Å². The third-order valence-electron chi connectivity index (χ3n) is 1.80. The predicted octanol–water partition coefficient (Wildman–Crippen LogP) is 3.47. The molecule has 0 saturated heterocycles. The van der Waals surface area contributed by atoms with E-state index in [-0.39, 0.29) is 5.78 Å². The van der Waals surface area contributed by atoms with Gasteiger partial charge in [-0.2, -0.15) is 0 Å². The van der Waals surface area contributed by atoms with Crippen molar-refractivity contribution in [1.29, 1.82) is 0 Å². The van der Waals surface area contributed by atoms with Gasteiger partial charge in [-0.15, -0.1) is 0 Å². The van der Waals surface area contributed by atoms with E-state index in [0.29, 0.717) is 17.9 Å². The van der Waals surface area contributed by atoms with E-state index in [4.69, 9.17) is 11.6 Å². The highest BCUT2D eigenvalue weighted by molar-refractivity contribution is 14.1. The first-order chi connectivity index (χ1) is 6.13. The Morgan fingerprint density at radius 1 is 1.54 bits per heavy atom. The zero-order valence-electron chi connectivity index (χ0n) is 7.31. The zero-order valence-corrected chi connectivity index (χ0v) is 10.2. The number of rotatable bonds is 3. The van der Waals surface area contributed by atoms with Crippen molar-refractivity contribution in [3.63, 3.8) is 0 Å². The third-order valence-corrected chi connectivity index (χ3v) is 2.82. The second-order valence-electron chi connectivity index (χ2n) is 2.80. The molecular weight excluding hydrogens is 298 g/mol. The fourth-order valence-corrected chi connectivity index (χ4v) is 1.93. The number of carbonyl (C=O) groups excluding carboxylic acids is 1. The molecule has 70 valence electrons. The first-order valence-corrected chi connectivity index (χ1v) is 5.54. The summed E-state index contributed by atoms with van der Waals surface area (Å²) >= 11 is 8.17. The Hall–Kier alpha value is -0.0900. The van der Waals surface area contributed by atoms with Gasteiger partial charge in [0.15, 0.2) is 0 Å². The largest absolute Gasteiger partial charge is 0.299 e. The Morgan fingerprint density at radius 3 is 2.77 bits per heavy atom. The topological polar surface area (TPSA) is 17.1 Å². The number of hydrogen-bond acceptors (Lipinski definition) is 1. The normalized spacial score (nSPS) is 10.1. The predicted molar refractivity (Wildman–Crippen MR) is 63.2 cm³/mol. The molecule has 0 aromatic heterocycles. The van der Waals surface area contributed by atoms with E-state index in [1.54, 1.807) is 0 Å². The molecule has 0 bridgehead atoms. The molecule has 0 aliphatic rings. The van der Waals surface area contributed by atoms with Crippen LogP contribution in [0.4, 0.5) is 0 Å². The Balaban J connectivity index is 2.83. The molecule has 0 fully saturated rings. The minimum absolute atomic E-state index is 0.225. The molecule has 1 nitrogen and oxygen atoms in total. The number of benzene rings is 1. The molecule has 0 aliphatic carbocycles. The summed E-state index contributed by atoms with van der Waals surface area (Å²) in [6.07, 6.45) is 1.02. The van der Waals surface area contributed by atoms with E-state index in [0.717, 1.165) is 9.13 Å². The van der Waals surface area contributed by atoms with Crippen molar-refractivity contribution in [1.82, 2.24) is 0 Å². The van der Waals surface area contributed by atoms with E-state index in [1.807, 2.05) is 25.1 Å². The lowest BCUT2D eigenvalue weighted by atomic mass is 10.1. The lowest BCUT2D eigenvalue weighted by Gasteiger charge is -2.02. The molecule has 0 spiro atoms. The Labute approximate surface area is 96.6 Å². The van der Waals surface area contributed by atoms with E-state index in [9.17, 15) is 4.79 Å². The minimum atomic E-state index is 0.225. The number of carbonyl (C=O) groups is 1. The second-order valence-corrected chi connectivity index (χ2v) is 4.46. The van der Waals surface area contributed by atoms with Gasteiger partial charge in [0.05, 0.1) is 0 Å². The third kappa shape index (κ3) is 3.27. The Morgan fingerprint density at radius 2 is 2.23 bits per heavy atom. The van der Waals surface area contributed by atoms with Crippen LogP contribution >= 0.6 is 34.2 Å². The minimum Gasteiger partial charge on any atom is -0.299 e. The Kier molecular flexibility index (Phi) is 4.19. The van der Waals surface area contributed by atoms with E-state index in [2.05, 4.69) is 22.6 Å². The molecule has 0 saturated carbocycles. The highest BCUT2D eigenvalue weighted by atomic mass is 127. The van der Waals surface area contributed by atoms with E-state index >= 15 is 0 Å². The lowest BCUT2D eigenvalue weighted by Crippen LogP contribution is -2.00. The summed E-state index contributed by atoms with van der Waals surface area (Å²) in [4.78, 5) is 11.2. The van der Waals surface area contributed by atoms with Crippen LogP contribution in [0.25, 0.3) is 0 Å². The fourth-order valence-electron chi connectivity index (χ4n) is 1.00. The van der Waals surface area contributed by atoms with Gasteiger partial charge in [-0.1, -0.05) is 24.6 Å². The molecule has 3 heteroatoms. The fraction of sp³-hybridized carbons (Fsp3) is 0.300. The quantitative estimate of drug-likeness (QED) is 0.782. The maximum Gasteiger partial charge on any atom is 0.137 e. The van der Waals surface area contributed by atoms with Gasteiger partial charge in [-0.3, -0.25) is 4.79 Å². The summed E-state index contributed by atoms with van der Waals surface area (Å²) in [6, 6.07) is 5.75. The smallest absolute Gasteiger partial charge is 0.137 e. The highest BCUT2D eigenvalue weighted by Crippen LogP contribution is 2.19. The first kappa shape index (κ1) is 11.0. The molecule has 0 aliphatic heterocycles. The van der Waals surface area contributed by atoms with Crippen LogP contribution in [0.1, 0.15) is 18.9 Å². The molecule has 1 aromatic carbocycles. The summed E-state index contributed by atoms with van der Waals surface area (Å²) in [5.41, 5.74) is 0.925. The summed E-state index contributed by atoms with van der Waals surface area (Å²) in [5, 5.41) is 0.689. The van der Waals surface area contributed by atoms with Crippen molar-refractivity contribution in [2.24, 2.45) is 0 Å². The van der Waals surface area contributed by atoms with Gasteiger partial charge in [0, 0.05) is 21.4 Å². The number of ketones is 1. The lowest BCUT2D eigenvalue weighted by molar-refractivity contribution is -0.118. The number of Topliss-reactive ketones (excluding diaryl/α,β-unsaturated/α-hetero) is 1. The van der Waals surface area contributed by atoms with Crippen LogP contribution in [-0.2, 0) is 11.2 Å². The van der Waals surface area contributed by atoms with Crippen LogP contribution in [0.5, 0.6) is 0 Å². The molecule has 0 atom stereocenters. The van der Waals surface area contributed by atoms with Crippen molar-refractivity contribution >= 4 is 40.0 Å². The highest BCUT2D eigenvalue weighted by Gasteiger charge is 2.05. The molecule has 0 N–H and O–H groups in total. The summed E-state index contributed by atoms with van der Waals surface area (Å²) < 4.78 is 1.09.